The summed E-state index contributed by atoms with van der Waals surface area (Å²) < 4.78 is 24.3. The fourth-order valence-corrected chi connectivity index (χ4v) is 2.22. The second-order valence-electron chi connectivity index (χ2n) is 3.99. The number of carbonyl (C=O) groups excluding carboxylic acids is 1. The van der Waals surface area contributed by atoms with Gasteiger partial charge in [0, 0.05) is 13.6 Å². The van der Waals surface area contributed by atoms with E-state index in [0.29, 0.717) is 12.1 Å². The van der Waals surface area contributed by atoms with E-state index in [9.17, 15) is 13.2 Å². The quantitative estimate of drug-likeness (QED) is 0.859. The molecule has 1 amide bonds. The normalized spacial score (nSPS) is 13.3. The van der Waals surface area contributed by atoms with Crippen LogP contribution in [0.3, 0.4) is 0 Å². The number of nitrogens with zero attached hydrogens (tertiary/aromatic N) is 1. The first-order valence-electron chi connectivity index (χ1n) is 5.63. The number of hydrogen-bond donors (Lipinski definition) is 1. The Kier molecular flexibility index (Phi) is 4.86. The van der Waals surface area contributed by atoms with Crippen LogP contribution < -0.4 is 5.32 Å². The first-order valence-corrected chi connectivity index (χ1v) is 7.48. The molecule has 1 atom stereocenters. The van der Waals surface area contributed by atoms with Crippen LogP contribution in [0, 0.1) is 0 Å². The van der Waals surface area contributed by atoms with Gasteiger partial charge in [0.05, 0.1) is 6.26 Å². The van der Waals surface area contributed by atoms with Crippen molar-refractivity contribution >= 4 is 15.9 Å². The summed E-state index contributed by atoms with van der Waals surface area (Å²) >= 11 is 0. The van der Waals surface area contributed by atoms with Gasteiger partial charge in [-0.1, -0.05) is 30.3 Å². The molecule has 18 heavy (non-hydrogen) atoms. The molecule has 0 spiro atoms. The smallest absolute Gasteiger partial charge is 0.242 e. The Morgan fingerprint density at radius 1 is 1.33 bits per heavy atom. The zero-order valence-corrected chi connectivity index (χ0v) is 11.6. The standard InChI is InChI=1S/C12H18N2O3S/c1-4-13-12(15)11(14(2)18(3,16)17)10-8-6-5-7-9-10/h5-9,11H,4H2,1-3H3,(H,13,15). The van der Waals surface area contributed by atoms with Gasteiger partial charge < -0.3 is 5.32 Å². The third-order valence-corrected chi connectivity index (χ3v) is 3.86. The molecule has 1 aromatic rings. The van der Waals surface area contributed by atoms with Crippen molar-refractivity contribution in [3.63, 3.8) is 0 Å². The number of nitrogens with one attached hydrogen (secondary N) is 1. The molecule has 0 fully saturated rings. The van der Waals surface area contributed by atoms with Crippen LogP contribution in [0.2, 0.25) is 0 Å². The van der Waals surface area contributed by atoms with Crippen molar-refractivity contribution in [1.82, 2.24) is 9.62 Å². The minimum atomic E-state index is -3.44. The molecule has 0 saturated carbocycles. The highest BCUT2D eigenvalue weighted by atomic mass is 32.2. The van der Waals surface area contributed by atoms with Gasteiger partial charge in [0.2, 0.25) is 15.9 Å². The summed E-state index contributed by atoms with van der Waals surface area (Å²) in [7, 11) is -2.04. The van der Waals surface area contributed by atoms with Gasteiger partial charge in [-0.3, -0.25) is 4.79 Å². The molecule has 1 aromatic carbocycles. The Morgan fingerprint density at radius 3 is 2.33 bits per heavy atom. The molecule has 0 aliphatic carbocycles. The van der Waals surface area contributed by atoms with Gasteiger partial charge in [-0.2, -0.15) is 4.31 Å². The SMILES string of the molecule is CCNC(=O)C(c1ccccc1)N(C)S(C)(=O)=O. The van der Waals surface area contributed by atoms with Crippen molar-refractivity contribution < 1.29 is 13.2 Å². The molecule has 6 heteroatoms. The number of likely N-dealkylation sites (N-methyl/N-ethyl adjacent to an activating group) is 2. The number of rotatable bonds is 5. The summed E-state index contributed by atoms with van der Waals surface area (Å²) in [6.45, 7) is 2.25. The molecule has 0 aliphatic heterocycles. The molecule has 0 heterocycles. The van der Waals surface area contributed by atoms with Gasteiger partial charge in [0.25, 0.3) is 0 Å². The summed E-state index contributed by atoms with van der Waals surface area (Å²) in [5, 5.41) is 2.65. The van der Waals surface area contributed by atoms with Crippen LogP contribution in [0.25, 0.3) is 0 Å². The second-order valence-corrected chi connectivity index (χ2v) is 6.03. The Bertz CT molecular complexity index is 499. The fourth-order valence-electron chi connectivity index (χ4n) is 1.62. The molecule has 100 valence electrons. The zero-order valence-electron chi connectivity index (χ0n) is 10.8. The maximum absolute atomic E-state index is 12.0. The number of hydrogen-bond acceptors (Lipinski definition) is 3. The maximum Gasteiger partial charge on any atom is 0.242 e. The van der Waals surface area contributed by atoms with Crippen LogP contribution in [0.1, 0.15) is 18.5 Å². The lowest BCUT2D eigenvalue weighted by atomic mass is 10.1. The lowest BCUT2D eigenvalue weighted by molar-refractivity contribution is -0.124. The largest absolute Gasteiger partial charge is 0.355 e. The van der Waals surface area contributed by atoms with Crippen LogP contribution in [-0.2, 0) is 14.8 Å². The van der Waals surface area contributed by atoms with E-state index >= 15 is 0 Å². The van der Waals surface area contributed by atoms with Crippen LogP contribution in [-0.4, -0.2) is 38.5 Å². The molecular weight excluding hydrogens is 252 g/mol. The molecule has 1 unspecified atom stereocenters. The number of sulfonamides is 1. The van der Waals surface area contributed by atoms with Gasteiger partial charge in [0.1, 0.15) is 6.04 Å². The van der Waals surface area contributed by atoms with Crippen LogP contribution in [0.15, 0.2) is 30.3 Å². The molecular formula is C12H18N2O3S. The van der Waals surface area contributed by atoms with Gasteiger partial charge in [-0.15, -0.1) is 0 Å². The monoisotopic (exact) mass is 270 g/mol. The highest BCUT2D eigenvalue weighted by Gasteiger charge is 2.30. The van der Waals surface area contributed by atoms with Gasteiger partial charge in [-0.25, -0.2) is 8.42 Å². The van der Waals surface area contributed by atoms with Crippen molar-refractivity contribution in [3.8, 4) is 0 Å². The summed E-state index contributed by atoms with van der Waals surface area (Å²) in [4.78, 5) is 12.0. The van der Waals surface area contributed by atoms with Crippen LogP contribution in [0.5, 0.6) is 0 Å². The summed E-state index contributed by atoms with van der Waals surface area (Å²) in [6, 6.07) is 8.01. The molecule has 0 aromatic heterocycles. The van der Waals surface area contributed by atoms with Crippen LogP contribution in [0.4, 0.5) is 0 Å². The number of carbonyl (C=O) groups is 1. The van der Waals surface area contributed by atoms with Crippen molar-refractivity contribution in [2.24, 2.45) is 0 Å². The molecule has 0 radical (unpaired) electrons. The van der Waals surface area contributed by atoms with Crippen molar-refractivity contribution in [2.75, 3.05) is 19.8 Å². The average molecular weight is 270 g/mol. The van der Waals surface area contributed by atoms with Crippen molar-refractivity contribution in [2.45, 2.75) is 13.0 Å². The van der Waals surface area contributed by atoms with Gasteiger partial charge in [-0.05, 0) is 12.5 Å². The summed E-state index contributed by atoms with van der Waals surface area (Å²) in [5.41, 5.74) is 0.649. The highest BCUT2D eigenvalue weighted by molar-refractivity contribution is 7.88. The molecule has 5 nitrogen and oxygen atoms in total. The van der Waals surface area contributed by atoms with Crippen molar-refractivity contribution in [1.29, 1.82) is 0 Å². The van der Waals surface area contributed by atoms with E-state index in [1.54, 1.807) is 31.2 Å². The Hall–Kier alpha value is -1.40. The molecule has 1 N–H and O–H groups in total. The molecule has 0 saturated heterocycles. The minimum absolute atomic E-state index is 0.323. The van der Waals surface area contributed by atoms with E-state index in [1.807, 2.05) is 6.07 Å². The number of benzene rings is 1. The number of amides is 1. The first-order chi connectivity index (χ1) is 8.38. The third-order valence-electron chi connectivity index (χ3n) is 2.60. The van der Waals surface area contributed by atoms with E-state index in [-0.39, 0.29) is 5.91 Å². The average Bonchev–Trinajstić information content (AvgIpc) is 2.29. The predicted octanol–water partition coefficient (Wildman–Crippen LogP) is 0.755. The van der Waals surface area contributed by atoms with E-state index in [1.165, 1.54) is 7.05 Å². The Labute approximate surface area is 108 Å². The topological polar surface area (TPSA) is 66.5 Å². The van der Waals surface area contributed by atoms with Crippen molar-refractivity contribution in [3.05, 3.63) is 35.9 Å². The van der Waals surface area contributed by atoms with Gasteiger partial charge in [0.15, 0.2) is 0 Å². The molecule has 0 aliphatic rings. The first kappa shape index (κ1) is 14.7. The van der Waals surface area contributed by atoms with Gasteiger partial charge >= 0.3 is 0 Å². The highest BCUT2D eigenvalue weighted by Crippen LogP contribution is 2.21. The van der Waals surface area contributed by atoms with E-state index in [2.05, 4.69) is 5.32 Å². The zero-order chi connectivity index (χ0) is 13.8. The predicted molar refractivity (Wildman–Crippen MR) is 70.5 cm³/mol. The molecule has 0 bridgehead atoms. The summed E-state index contributed by atoms with van der Waals surface area (Å²) in [5.74, 6) is -0.323. The maximum atomic E-state index is 12.0. The Morgan fingerprint density at radius 2 is 1.89 bits per heavy atom. The third kappa shape index (κ3) is 3.54. The minimum Gasteiger partial charge on any atom is -0.355 e. The lowest BCUT2D eigenvalue weighted by Crippen LogP contribution is -2.41. The van der Waals surface area contributed by atoms with E-state index in [0.717, 1.165) is 10.6 Å². The van der Waals surface area contributed by atoms with Crippen LogP contribution >= 0.6 is 0 Å². The Balaban J connectivity index is 3.15. The fraction of sp³-hybridized carbons (Fsp3) is 0.417. The van der Waals surface area contributed by atoms with E-state index < -0.39 is 16.1 Å². The second kappa shape index (κ2) is 5.97. The lowest BCUT2D eigenvalue weighted by Gasteiger charge is -2.25. The summed E-state index contributed by atoms with van der Waals surface area (Å²) in [6.07, 6.45) is 1.09. The molecule has 1 rings (SSSR count). The van der Waals surface area contributed by atoms with E-state index in [4.69, 9.17) is 0 Å².